The molecule has 0 aromatic heterocycles. The van der Waals surface area contributed by atoms with Crippen molar-refractivity contribution in [1.29, 1.82) is 0 Å². The lowest BCUT2D eigenvalue weighted by Crippen LogP contribution is -2.32. The molecule has 1 unspecified atom stereocenters. The normalized spacial score (nSPS) is 12.9. The fourth-order valence-corrected chi connectivity index (χ4v) is 1.98. The highest BCUT2D eigenvalue weighted by molar-refractivity contribution is 5.56. The van der Waals surface area contributed by atoms with Crippen LogP contribution in [-0.4, -0.2) is 12.6 Å². The Bertz CT molecular complexity index is 348. The van der Waals surface area contributed by atoms with Gasteiger partial charge in [0.25, 0.3) is 0 Å². The van der Waals surface area contributed by atoms with E-state index in [4.69, 9.17) is 5.73 Å². The molecule has 1 atom stereocenters. The number of nitrogens with zero attached hydrogens (tertiary/aromatic N) is 1. The Morgan fingerprint density at radius 3 is 2.38 bits per heavy atom. The number of halogens is 1. The number of hydrogen-bond acceptors (Lipinski definition) is 2. The van der Waals surface area contributed by atoms with Crippen molar-refractivity contribution in [3.8, 4) is 0 Å². The molecule has 3 heteroatoms. The molecule has 2 N–H and O–H groups in total. The summed E-state index contributed by atoms with van der Waals surface area (Å²) in [6.07, 6.45) is 0. The molecule has 0 aliphatic rings. The van der Waals surface area contributed by atoms with E-state index in [1.165, 1.54) is 6.07 Å². The lowest BCUT2D eigenvalue weighted by atomic mass is 10.0. The minimum absolute atomic E-state index is 0.154. The average Bonchev–Trinajstić information content (AvgIpc) is 2.20. The van der Waals surface area contributed by atoms with Crippen LogP contribution in [0.25, 0.3) is 0 Å². The number of hydrogen-bond donors (Lipinski definition) is 1. The predicted octanol–water partition coefficient (Wildman–Crippen LogP) is 3.08. The maximum Gasteiger partial charge on any atom is 0.146 e. The van der Waals surface area contributed by atoms with Crippen molar-refractivity contribution < 1.29 is 4.39 Å². The van der Waals surface area contributed by atoms with Crippen molar-refractivity contribution in [3.05, 3.63) is 29.6 Å². The topological polar surface area (TPSA) is 29.3 Å². The maximum atomic E-state index is 13.9. The number of benzene rings is 1. The van der Waals surface area contributed by atoms with E-state index in [0.29, 0.717) is 5.69 Å². The van der Waals surface area contributed by atoms with Crippen LogP contribution in [0.3, 0.4) is 0 Å². The Kier molecular flexibility index (Phi) is 4.30. The van der Waals surface area contributed by atoms with E-state index < -0.39 is 0 Å². The van der Waals surface area contributed by atoms with Crippen molar-refractivity contribution in [3.63, 3.8) is 0 Å². The zero-order chi connectivity index (χ0) is 12.3. The average molecular weight is 224 g/mol. The summed E-state index contributed by atoms with van der Waals surface area (Å²) in [5.74, 6) is -0.189. The Morgan fingerprint density at radius 1 is 1.31 bits per heavy atom. The van der Waals surface area contributed by atoms with E-state index in [0.717, 1.165) is 12.1 Å². The van der Waals surface area contributed by atoms with E-state index in [9.17, 15) is 4.39 Å². The molecular formula is C13H21FN2. The first-order valence-electron chi connectivity index (χ1n) is 5.79. The molecule has 0 radical (unpaired) electrons. The molecule has 90 valence electrons. The van der Waals surface area contributed by atoms with Crippen molar-refractivity contribution in [2.45, 2.75) is 39.8 Å². The van der Waals surface area contributed by atoms with Crippen molar-refractivity contribution in [1.82, 2.24) is 0 Å². The molecule has 0 bridgehead atoms. The van der Waals surface area contributed by atoms with Gasteiger partial charge in [0.2, 0.25) is 0 Å². The van der Waals surface area contributed by atoms with E-state index >= 15 is 0 Å². The second-order valence-corrected chi connectivity index (χ2v) is 4.35. The van der Waals surface area contributed by atoms with Crippen LogP contribution < -0.4 is 10.6 Å². The molecular weight excluding hydrogens is 203 g/mol. The van der Waals surface area contributed by atoms with Gasteiger partial charge in [0.15, 0.2) is 0 Å². The lowest BCUT2D eigenvalue weighted by Gasteiger charge is -2.30. The molecule has 2 nitrogen and oxygen atoms in total. The Hall–Kier alpha value is -1.09. The molecule has 0 spiro atoms. The van der Waals surface area contributed by atoms with Gasteiger partial charge in [-0.3, -0.25) is 0 Å². The summed E-state index contributed by atoms with van der Waals surface area (Å²) in [5.41, 5.74) is 7.40. The van der Waals surface area contributed by atoms with Crippen molar-refractivity contribution in [2.24, 2.45) is 5.73 Å². The van der Waals surface area contributed by atoms with Crippen LogP contribution >= 0.6 is 0 Å². The third-order valence-corrected chi connectivity index (χ3v) is 2.76. The maximum absolute atomic E-state index is 13.9. The lowest BCUT2D eigenvalue weighted by molar-refractivity contribution is 0.597. The molecule has 0 heterocycles. The van der Waals surface area contributed by atoms with Gasteiger partial charge in [0, 0.05) is 18.6 Å². The number of rotatable bonds is 4. The van der Waals surface area contributed by atoms with Gasteiger partial charge in [0.05, 0.1) is 5.69 Å². The van der Waals surface area contributed by atoms with Crippen molar-refractivity contribution in [2.75, 3.05) is 11.4 Å². The van der Waals surface area contributed by atoms with Crippen LogP contribution in [0, 0.1) is 5.82 Å². The molecule has 0 amide bonds. The highest BCUT2D eigenvalue weighted by Crippen LogP contribution is 2.29. The smallest absolute Gasteiger partial charge is 0.146 e. The number of nitrogens with two attached hydrogens (primary N) is 1. The van der Waals surface area contributed by atoms with E-state index in [1.54, 1.807) is 6.07 Å². The molecule has 1 rings (SSSR count). The largest absolute Gasteiger partial charge is 0.367 e. The molecule has 0 aliphatic heterocycles. The molecule has 1 aromatic carbocycles. The minimum atomic E-state index is -0.189. The van der Waals surface area contributed by atoms with Gasteiger partial charge in [-0.1, -0.05) is 12.1 Å². The highest BCUT2D eigenvalue weighted by atomic mass is 19.1. The Morgan fingerprint density at radius 2 is 1.94 bits per heavy atom. The molecule has 0 saturated heterocycles. The fraction of sp³-hybridized carbons (Fsp3) is 0.538. The molecule has 0 fully saturated rings. The molecule has 16 heavy (non-hydrogen) atoms. The van der Waals surface area contributed by atoms with Crippen LogP contribution in [0.1, 0.15) is 39.3 Å². The SMILES string of the molecule is CCN(c1c(F)cccc1C(C)N)C(C)C. The summed E-state index contributed by atoms with van der Waals surface area (Å²) in [6, 6.07) is 5.21. The molecule has 1 aromatic rings. The summed E-state index contributed by atoms with van der Waals surface area (Å²) in [7, 11) is 0. The third kappa shape index (κ3) is 2.53. The first-order chi connectivity index (χ1) is 7.49. The predicted molar refractivity (Wildman–Crippen MR) is 67.2 cm³/mol. The van der Waals surface area contributed by atoms with E-state index in [1.807, 2.05) is 24.8 Å². The van der Waals surface area contributed by atoms with Crippen molar-refractivity contribution >= 4 is 5.69 Å². The van der Waals surface area contributed by atoms with Crippen LogP contribution in [0.5, 0.6) is 0 Å². The summed E-state index contributed by atoms with van der Waals surface area (Å²) in [4.78, 5) is 2.04. The Balaban J connectivity index is 3.28. The first-order valence-corrected chi connectivity index (χ1v) is 5.79. The Labute approximate surface area is 97.3 Å². The van der Waals surface area contributed by atoms with Crippen LogP contribution in [0.4, 0.5) is 10.1 Å². The zero-order valence-corrected chi connectivity index (χ0v) is 10.5. The quantitative estimate of drug-likeness (QED) is 0.851. The number of anilines is 1. The van der Waals surface area contributed by atoms with Gasteiger partial charge in [0.1, 0.15) is 5.82 Å². The first kappa shape index (κ1) is 13.0. The zero-order valence-electron chi connectivity index (χ0n) is 10.5. The second kappa shape index (κ2) is 5.30. The minimum Gasteiger partial charge on any atom is -0.367 e. The summed E-state index contributed by atoms with van der Waals surface area (Å²) in [6.45, 7) is 8.80. The second-order valence-electron chi connectivity index (χ2n) is 4.35. The fourth-order valence-electron chi connectivity index (χ4n) is 1.98. The standard InChI is InChI=1S/C13H21FN2/c1-5-16(9(2)3)13-11(10(4)15)7-6-8-12(13)14/h6-10H,5,15H2,1-4H3. The number of para-hydroxylation sites is 1. The van der Waals surface area contributed by atoms with E-state index in [2.05, 4.69) is 13.8 Å². The van der Waals surface area contributed by atoms with Gasteiger partial charge < -0.3 is 10.6 Å². The highest BCUT2D eigenvalue weighted by Gasteiger charge is 2.18. The van der Waals surface area contributed by atoms with Crippen LogP contribution in [-0.2, 0) is 0 Å². The van der Waals surface area contributed by atoms with Gasteiger partial charge in [-0.05, 0) is 39.3 Å². The third-order valence-electron chi connectivity index (χ3n) is 2.76. The van der Waals surface area contributed by atoms with E-state index in [-0.39, 0.29) is 17.9 Å². The van der Waals surface area contributed by atoms with Crippen LogP contribution in [0.2, 0.25) is 0 Å². The van der Waals surface area contributed by atoms with Gasteiger partial charge in [-0.25, -0.2) is 4.39 Å². The van der Waals surface area contributed by atoms with Crippen LogP contribution in [0.15, 0.2) is 18.2 Å². The molecule has 0 aliphatic carbocycles. The summed E-state index contributed by atoms with van der Waals surface area (Å²) < 4.78 is 13.9. The molecule has 0 saturated carbocycles. The van der Waals surface area contributed by atoms with Gasteiger partial charge >= 0.3 is 0 Å². The summed E-state index contributed by atoms with van der Waals surface area (Å²) >= 11 is 0. The monoisotopic (exact) mass is 224 g/mol. The van der Waals surface area contributed by atoms with Gasteiger partial charge in [-0.2, -0.15) is 0 Å². The summed E-state index contributed by atoms with van der Waals surface area (Å²) in [5, 5.41) is 0. The van der Waals surface area contributed by atoms with Gasteiger partial charge in [-0.15, -0.1) is 0 Å².